The van der Waals surface area contributed by atoms with Crippen LogP contribution in [0.2, 0.25) is 0 Å². The Kier molecular flexibility index (Phi) is 4.98. The van der Waals surface area contributed by atoms with Crippen molar-refractivity contribution in [3.63, 3.8) is 0 Å². The average Bonchev–Trinajstić information content (AvgIpc) is 3.49. The Morgan fingerprint density at radius 3 is 2.76 bits per heavy atom. The zero-order valence-electron chi connectivity index (χ0n) is 14.7. The van der Waals surface area contributed by atoms with Crippen molar-refractivity contribution in [3.8, 4) is 17.6 Å². The van der Waals surface area contributed by atoms with Crippen LogP contribution in [0.15, 0.2) is 29.8 Å². The minimum absolute atomic E-state index is 0.352. The van der Waals surface area contributed by atoms with Gasteiger partial charge in [0, 0.05) is 12.0 Å². The lowest BCUT2D eigenvalue weighted by molar-refractivity contribution is -0.136. The summed E-state index contributed by atoms with van der Waals surface area (Å²) in [4.78, 5) is 11.9. The van der Waals surface area contributed by atoms with Gasteiger partial charge in [-0.1, -0.05) is 12.1 Å². The first-order valence-corrected chi connectivity index (χ1v) is 8.62. The Morgan fingerprint density at radius 2 is 2.12 bits per heavy atom. The number of hydrogen-bond acceptors (Lipinski definition) is 5. The molecule has 0 radical (unpaired) electrons. The summed E-state index contributed by atoms with van der Waals surface area (Å²) in [5, 5.41) is 9.91. The van der Waals surface area contributed by atoms with Crippen LogP contribution in [0.1, 0.15) is 37.7 Å². The molecule has 0 aromatic heterocycles. The van der Waals surface area contributed by atoms with Crippen molar-refractivity contribution in [2.45, 2.75) is 37.5 Å². The second kappa shape index (κ2) is 7.18. The van der Waals surface area contributed by atoms with Gasteiger partial charge >= 0.3 is 5.97 Å². The first kappa shape index (κ1) is 17.3. The second-order valence-corrected chi connectivity index (χ2v) is 6.75. The summed E-state index contributed by atoms with van der Waals surface area (Å²) in [5.41, 5.74) is 0.671. The Bertz CT molecular complexity index is 730. The third kappa shape index (κ3) is 3.63. The highest BCUT2D eigenvalue weighted by atomic mass is 16.5. The predicted octanol–water partition coefficient (Wildman–Crippen LogP) is 3.53. The van der Waals surface area contributed by atoms with Crippen molar-refractivity contribution >= 4 is 5.97 Å². The highest BCUT2D eigenvalue weighted by molar-refractivity contribution is 5.89. The van der Waals surface area contributed by atoms with E-state index in [0.717, 1.165) is 5.56 Å². The summed E-state index contributed by atoms with van der Waals surface area (Å²) < 4.78 is 16.2. The topological polar surface area (TPSA) is 68.6 Å². The van der Waals surface area contributed by atoms with Gasteiger partial charge < -0.3 is 14.2 Å². The maximum absolute atomic E-state index is 11.9. The van der Waals surface area contributed by atoms with E-state index >= 15 is 0 Å². The summed E-state index contributed by atoms with van der Waals surface area (Å²) in [6.07, 6.45) is 5.97. The number of carbonyl (C=O) groups is 1. The third-order valence-electron chi connectivity index (χ3n) is 5.00. The number of nitrogens with zero attached hydrogens (tertiary/aromatic N) is 1. The van der Waals surface area contributed by atoms with E-state index in [1.54, 1.807) is 7.11 Å². The van der Waals surface area contributed by atoms with Crippen LogP contribution < -0.4 is 9.47 Å². The zero-order valence-corrected chi connectivity index (χ0v) is 14.7. The lowest BCUT2D eigenvalue weighted by Crippen LogP contribution is -2.29. The molecule has 5 heteroatoms. The van der Waals surface area contributed by atoms with Crippen molar-refractivity contribution in [2.24, 2.45) is 5.92 Å². The summed E-state index contributed by atoms with van der Waals surface area (Å²) in [6, 6.07) is 8.07. The first-order chi connectivity index (χ1) is 12.1. The molecule has 1 saturated carbocycles. The number of rotatable bonds is 6. The maximum atomic E-state index is 11.9. The number of esters is 1. The molecule has 0 saturated heterocycles. The molecule has 2 aliphatic carbocycles. The van der Waals surface area contributed by atoms with Crippen LogP contribution in [0, 0.1) is 17.2 Å². The molecule has 0 spiro atoms. The number of benzene rings is 1. The summed E-state index contributed by atoms with van der Waals surface area (Å²) in [7, 11) is 2.97. The van der Waals surface area contributed by atoms with Crippen LogP contribution >= 0.6 is 0 Å². The lowest BCUT2D eigenvalue weighted by atomic mass is 9.70. The SMILES string of the molecule is COC(=O)C1=CCCC(C#N)(c2ccc(OC)c(OCC3CC3)c2)C1. The minimum Gasteiger partial charge on any atom is -0.493 e. The monoisotopic (exact) mass is 341 g/mol. The molecule has 1 aromatic rings. The van der Waals surface area contributed by atoms with Gasteiger partial charge in [0.25, 0.3) is 0 Å². The quantitative estimate of drug-likeness (QED) is 0.741. The number of methoxy groups -OCH3 is 2. The van der Waals surface area contributed by atoms with Gasteiger partial charge in [-0.3, -0.25) is 0 Å². The van der Waals surface area contributed by atoms with Crippen molar-refractivity contribution in [2.75, 3.05) is 20.8 Å². The van der Waals surface area contributed by atoms with Crippen molar-refractivity contribution in [1.29, 1.82) is 5.26 Å². The fourth-order valence-corrected chi connectivity index (χ4v) is 3.25. The Morgan fingerprint density at radius 1 is 1.32 bits per heavy atom. The van der Waals surface area contributed by atoms with Gasteiger partial charge in [0.2, 0.25) is 0 Å². The molecule has 0 N–H and O–H groups in total. The first-order valence-electron chi connectivity index (χ1n) is 8.62. The third-order valence-corrected chi connectivity index (χ3v) is 5.00. The van der Waals surface area contributed by atoms with Crippen molar-refractivity contribution in [1.82, 2.24) is 0 Å². The van der Waals surface area contributed by atoms with Crippen LogP contribution in [0.4, 0.5) is 0 Å². The summed E-state index contributed by atoms with van der Waals surface area (Å²) >= 11 is 0. The Labute approximate surface area is 148 Å². The van der Waals surface area contributed by atoms with E-state index in [-0.39, 0.29) is 5.97 Å². The maximum Gasteiger partial charge on any atom is 0.333 e. The summed E-state index contributed by atoms with van der Waals surface area (Å²) in [5.74, 6) is 1.59. The number of ether oxygens (including phenoxy) is 3. The van der Waals surface area contributed by atoms with E-state index in [1.165, 1.54) is 20.0 Å². The van der Waals surface area contributed by atoms with Crippen molar-refractivity contribution in [3.05, 3.63) is 35.4 Å². The number of carbonyl (C=O) groups excluding carboxylic acids is 1. The standard InChI is InChI=1S/C20H23NO4/c1-23-17-8-7-16(10-18(17)25-12-14-5-6-14)20(13-21)9-3-4-15(11-20)19(22)24-2/h4,7-8,10,14H,3,5-6,9,11-12H2,1-2H3. The van der Waals surface area contributed by atoms with Crippen LogP contribution in [-0.2, 0) is 14.9 Å². The fourth-order valence-electron chi connectivity index (χ4n) is 3.25. The molecule has 1 unspecified atom stereocenters. The lowest BCUT2D eigenvalue weighted by Gasteiger charge is -2.31. The molecule has 1 aromatic carbocycles. The van der Waals surface area contributed by atoms with Gasteiger partial charge in [-0.2, -0.15) is 5.26 Å². The van der Waals surface area contributed by atoms with E-state index in [0.29, 0.717) is 48.9 Å². The van der Waals surface area contributed by atoms with E-state index in [1.807, 2.05) is 24.3 Å². The highest BCUT2D eigenvalue weighted by Gasteiger charge is 2.38. The Balaban J connectivity index is 1.89. The summed E-state index contributed by atoms with van der Waals surface area (Å²) in [6.45, 7) is 0.673. The molecule has 0 aliphatic heterocycles. The predicted molar refractivity (Wildman–Crippen MR) is 92.5 cm³/mol. The van der Waals surface area contributed by atoms with Gasteiger partial charge in [0.05, 0.1) is 32.3 Å². The van der Waals surface area contributed by atoms with Gasteiger partial charge in [-0.25, -0.2) is 4.79 Å². The minimum atomic E-state index is -0.748. The Hall–Kier alpha value is -2.48. The van der Waals surface area contributed by atoms with Crippen LogP contribution in [0.3, 0.4) is 0 Å². The van der Waals surface area contributed by atoms with Crippen LogP contribution in [0.25, 0.3) is 0 Å². The molecule has 0 amide bonds. The number of hydrogen-bond donors (Lipinski definition) is 0. The molecule has 1 fully saturated rings. The molecule has 3 rings (SSSR count). The molecule has 2 aliphatic rings. The largest absolute Gasteiger partial charge is 0.493 e. The number of allylic oxidation sites excluding steroid dienone is 1. The second-order valence-electron chi connectivity index (χ2n) is 6.75. The molecular formula is C20H23NO4. The van der Waals surface area contributed by atoms with E-state index in [2.05, 4.69) is 6.07 Å². The zero-order chi connectivity index (χ0) is 17.9. The van der Waals surface area contributed by atoms with Gasteiger partial charge in [0.15, 0.2) is 11.5 Å². The molecule has 0 heterocycles. The van der Waals surface area contributed by atoms with Gasteiger partial charge in [0.1, 0.15) is 0 Å². The van der Waals surface area contributed by atoms with E-state index in [4.69, 9.17) is 14.2 Å². The highest BCUT2D eigenvalue weighted by Crippen LogP contribution is 2.42. The van der Waals surface area contributed by atoms with Crippen LogP contribution in [-0.4, -0.2) is 26.8 Å². The number of nitriles is 1. The van der Waals surface area contributed by atoms with Crippen LogP contribution in [0.5, 0.6) is 11.5 Å². The van der Waals surface area contributed by atoms with Gasteiger partial charge in [-0.05, 0) is 49.3 Å². The van der Waals surface area contributed by atoms with E-state index < -0.39 is 5.41 Å². The molecule has 0 bridgehead atoms. The van der Waals surface area contributed by atoms with E-state index in [9.17, 15) is 10.1 Å². The molecule has 1 atom stereocenters. The molecule has 5 nitrogen and oxygen atoms in total. The fraction of sp³-hybridized carbons (Fsp3) is 0.500. The average molecular weight is 341 g/mol. The molecule has 132 valence electrons. The molecule has 25 heavy (non-hydrogen) atoms. The molecular weight excluding hydrogens is 318 g/mol. The van der Waals surface area contributed by atoms with Gasteiger partial charge in [-0.15, -0.1) is 0 Å². The smallest absolute Gasteiger partial charge is 0.333 e. The van der Waals surface area contributed by atoms with Crippen molar-refractivity contribution < 1.29 is 19.0 Å². The normalized spacial score (nSPS) is 22.5.